The highest BCUT2D eigenvalue weighted by Crippen LogP contribution is 2.20. The highest BCUT2D eigenvalue weighted by atomic mass is 32.1. The van der Waals surface area contributed by atoms with Crippen molar-refractivity contribution in [2.45, 2.75) is 32.7 Å². The zero-order chi connectivity index (χ0) is 10.8. The number of thiocarbonyl (C=S) groups is 1. The third-order valence-electron chi connectivity index (χ3n) is 2.77. The molecule has 15 heavy (non-hydrogen) atoms. The van der Waals surface area contributed by atoms with Crippen LogP contribution in [0.4, 0.5) is 5.69 Å². The van der Waals surface area contributed by atoms with Gasteiger partial charge in [0.1, 0.15) is 0 Å². The first-order chi connectivity index (χ1) is 7.16. The minimum atomic E-state index is 0.607. The molecular weight excluding hydrogens is 204 g/mol. The quantitative estimate of drug-likeness (QED) is 0.749. The van der Waals surface area contributed by atoms with Crippen molar-refractivity contribution in [2.75, 3.05) is 5.32 Å². The monoisotopic (exact) mass is 220 g/mol. The van der Waals surface area contributed by atoms with E-state index >= 15 is 0 Å². The molecule has 1 fully saturated rings. The number of anilines is 1. The summed E-state index contributed by atoms with van der Waals surface area (Å²) < 4.78 is 0. The maximum atomic E-state index is 5.23. The summed E-state index contributed by atoms with van der Waals surface area (Å²) in [5.74, 6) is 0. The molecule has 0 spiro atoms. The van der Waals surface area contributed by atoms with Gasteiger partial charge in [-0.05, 0) is 56.1 Å². The molecule has 2 nitrogen and oxygen atoms in total. The first kappa shape index (κ1) is 10.4. The van der Waals surface area contributed by atoms with E-state index in [-0.39, 0.29) is 0 Å². The standard InChI is InChI=1S/C12H16N2S/c1-8-4-3-5-11(9(8)2)14-12(15)13-10-6-7-10/h3-5,10H,6-7H2,1-2H3,(H2,13,14,15). The number of benzene rings is 1. The maximum absolute atomic E-state index is 5.23. The van der Waals surface area contributed by atoms with E-state index in [0.29, 0.717) is 6.04 Å². The fraction of sp³-hybridized carbons (Fsp3) is 0.417. The number of hydrogen-bond donors (Lipinski definition) is 2. The largest absolute Gasteiger partial charge is 0.360 e. The summed E-state index contributed by atoms with van der Waals surface area (Å²) in [6.07, 6.45) is 2.49. The first-order valence-corrected chi connectivity index (χ1v) is 5.71. The van der Waals surface area contributed by atoms with E-state index in [1.54, 1.807) is 0 Å². The molecule has 0 bridgehead atoms. The Labute approximate surface area is 96.1 Å². The van der Waals surface area contributed by atoms with Crippen LogP contribution in [0.15, 0.2) is 18.2 Å². The summed E-state index contributed by atoms with van der Waals surface area (Å²) in [4.78, 5) is 0. The van der Waals surface area contributed by atoms with Gasteiger partial charge in [0.15, 0.2) is 5.11 Å². The smallest absolute Gasteiger partial charge is 0.171 e. The molecule has 0 unspecified atom stereocenters. The number of rotatable bonds is 2. The van der Waals surface area contributed by atoms with E-state index < -0.39 is 0 Å². The summed E-state index contributed by atoms with van der Waals surface area (Å²) >= 11 is 5.23. The predicted molar refractivity (Wildman–Crippen MR) is 68.3 cm³/mol. The second-order valence-electron chi connectivity index (χ2n) is 4.12. The van der Waals surface area contributed by atoms with Crippen LogP contribution in [0.25, 0.3) is 0 Å². The minimum Gasteiger partial charge on any atom is -0.360 e. The van der Waals surface area contributed by atoms with Gasteiger partial charge in [0.25, 0.3) is 0 Å². The number of hydrogen-bond acceptors (Lipinski definition) is 1. The lowest BCUT2D eigenvalue weighted by molar-refractivity contribution is 0.919. The van der Waals surface area contributed by atoms with Crippen molar-refractivity contribution in [3.8, 4) is 0 Å². The summed E-state index contributed by atoms with van der Waals surface area (Å²) in [6, 6.07) is 6.82. The molecule has 0 atom stereocenters. The molecule has 1 saturated carbocycles. The van der Waals surface area contributed by atoms with Crippen LogP contribution < -0.4 is 10.6 Å². The molecule has 0 heterocycles. The molecule has 0 radical (unpaired) electrons. The number of aryl methyl sites for hydroxylation is 1. The summed E-state index contributed by atoms with van der Waals surface area (Å²) in [5.41, 5.74) is 3.65. The van der Waals surface area contributed by atoms with Gasteiger partial charge in [0, 0.05) is 11.7 Å². The van der Waals surface area contributed by atoms with Crippen molar-refractivity contribution < 1.29 is 0 Å². The van der Waals surface area contributed by atoms with Gasteiger partial charge >= 0.3 is 0 Å². The van der Waals surface area contributed by atoms with Gasteiger partial charge in [-0.25, -0.2) is 0 Å². The van der Waals surface area contributed by atoms with Gasteiger partial charge in [0.2, 0.25) is 0 Å². The molecule has 1 aromatic carbocycles. The Balaban J connectivity index is 2.02. The highest BCUT2D eigenvalue weighted by molar-refractivity contribution is 7.80. The van der Waals surface area contributed by atoms with Gasteiger partial charge in [-0.1, -0.05) is 12.1 Å². The highest BCUT2D eigenvalue weighted by Gasteiger charge is 2.21. The Morgan fingerprint density at radius 3 is 2.73 bits per heavy atom. The van der Waals surface area contributed by atoms with E-state index in [4.69, 9.17) is 12.2 Å². The molecule has 80 valence electrons. The van der Waals surface area contributed by atoms with Crippen molar-refractivity contribution in [1.29, 1.82) is 0 Å². The lowest BCUT2D eigenvalue weighted by atomic mass is 10.1. The second-order valence-corrected chi connectivity index (χ2v) is 4.53. The van der Waals surface area contributed by atoms with Gasteiger partial charge in [-0.3, -0.25) is 0 Å². The van der Waals surface area contributed by atoms with Crippen molar-refractivity contribution in [3.05, 3.63) is 29.3 Å². The Bertz CT molecular complexity index is 383. The van der Waals surface area contributed by atoms with E-state index in [9.17, 15) is 0 Å². The molecule has 0 aliphatic heterocycles. The Kier molecular flexibility index (Phi) is 2.91. The molecule has 2 rings (SSSR count). The molecule has 0 aromatic heterocycles. The fourth-order valence-corrected chi connectivity index (χ4v) is 1.73. The van der Waals surface area contributed by atoms with Crippen molar-refractivity contribution >= 4 is 23.0 Å². The lowest BCUT2D eigenvalue weighted by Crippen LogP contribution is -2.30. The van der Waals surface area contributed by atoms with E-state index in [0.717, 1.165) is 10.8 Å². The summed E-state index contributed by atoms with van der Waals surface area (Å²) in [5, 5.41) is 7.25. The van der Waals surface area contributed by atoms with Crippen LogP contribution in [0.2, 0.25) is 0 Å². The molecule has 1 aromatic rings. The van der Waals surface area contributed by atoms with Crippen LogP contribution >= 0.6 is 12.2 Å². The Morgan fingerprint density at radius 1 is 1.33 bits per heavy atom. The molecular formula is C12H16N2S. The summed E-state index contributed by atoms with van der Waals surface area (Å²) in [7, 11) is 0. The van der Waals surface area contributed by atoms with Crippen LogP contribution in [0.1, 0.15) is 24.0 Å². The molecule has 1 aliphatic carbocycles. The van der Waals surface area contributed by atoms with E-state index in [1.807, 2.05) is 6.07 Å². The average molecular weight is 220 g/mol. The Hall–Kier alpha value is -1.09. The maximum Gasteiger partial charge on any atom is 0.171 e. The SMILES string of the molecule is Cc1cccc(NC(=S)NC2CC2)c1C. The average Bonchev–Trinajstić information content (AvgIpc) is 2.97. The van der Waals surface area contributed by atoms with Gasteiger partial charge in [-0.15, -0.1) is 0 Å². The molecule has 0 amide bonds. The van der Waals surface area contributed by atoms with Crippen molar-refractivity contribution in [3.63, 3.8) is 0 Å². The predicted octanol–water partition coefficient (Wildman–Crippen LogP) is 2.75. The molecule has 2 N–H and O–H groups in total. The third-order valence-corrected chi connectivity index (χ3v) is 2.99. The molecule has 1 aliphatic rings. The van der Waals surface area contributed by atoms with Gasteiger partial charge in [-0.2, -0.15) is 0 Å². The Morgan fingerprint density at radius 2 is 2.07 bits per heavy atom. The zero-order valence-electron chi connectivity index (χ0n) is 9.13. The van der Waals surface area contributed by atoms with Crippen LogP contribution in [0.5, 0.6) is 0 Å². The fourth-order valence-electron chi connectivity index (χ4n) is 1.46. The lowest BCUT2D eigenvalue weighted by Gasteiger charge is -2.13. The molecule has 0 saturated heterocycles. The van der Waals surface area contributed by atoms with Crippen molar-refractivity contribution in [1.82, 2.24) is 5.32 Å². The summed E-state index contributed by atoms with van der Waals surface area (Å²) in [6.45, 7) is 4.22. The van der Waals surface area contributed by atoms with Crippen LogP contribution in [0.3, 0.4) is 0 Å². The van der Waals surface area contributed by atoms with Gasteiger partial charge in [0.05, 0.1) is 0 Å². The molecule has 3 heteroatoms. The van der Waals surface area contributed by atoms with E-state index in [2.05, 4.69) is 36.6 Å². The topological polar surface area (TPSA) is 24.1 Å². The van der Waals surface area contributed by atoms with Crippen LogP contribution in [-0.2, 0) is 0 Å². The van der Waals surface area contributed by atoms with Gasteiger partial charge < -0.3 is 10.6 Å². The van der Waals surface area contributed by atoms with E-state index in [1.165, 1.54) is 24.0 Å². The van der Waals surface area contributed by atoms with Crippen LogP contribution in [-0.4, -0.2) is 11.2 Å². The normalized spacial score (nSPS) is 14.8. The van der Waals surface area contributed by atoms with Crippen LogP contribution in [0, 0.1) is 13.8 Å². The second kappa shape index (κ2) is 4.19. The van der Waals surface area contributed by atoms with Crippen molar-refractivity contribution in [2.24, 2.45) is 0 Å². The minimum absolute atomic E-state index is 0.607. The first-order valence-electron chi connectivity index (χ1n) is 5.30. The third kappa shape index (κ3) is 2.69. The number of nitrogens with one attached hydrogen (secondary N) is 2. The zero-order valence-corrected chi connectivity index (χ0v) is 9.95.